The van der Waals surface area contributed by atoms with Crippen LogP contribution >= 0.6 is 15.9 Å². The van der Waals surface area contributed by atoms with Gasteiger partial charge in [-0.1, -0.05) is 0 Å². The third-order valence-corrected chi connectivity index (χ3v) is 4.64. The lowest BCUT2D eigenvalue weighted by Crippen LogP contribution is -2.30. The zero-order valence-electron chi connectivity index (χ0n) is 8.53. The van der Waals surface area contributed by atoms with Crippen molar-refractivity contribution in [1.29, 1.82) is 0 Å². The minimum Gasteiger partial charge on any atom is -0.366 e. The number of halogens is 1. The van der Waals surface area contributed by atoms with Gasteiger partial charge >= 0.3 is 0 Å². The maximum atomic E-state index is 11.3. The fourth-order valence-corrected chi connectivity index (χ4v) is 3.25. The molecule has 0 aromatic carbocycles. The van der Waals surface area contributed by atoms with E-state index in [1.165, 1.54) is 6.33 Å². The maximum absolute atomic E-state index is 11.3. The van der Waals surface area contributed by atoms with Crippen LogP contribution in [0.2, 0.25) is 0 Å². The molecule has 2 heterocycles. The van der Waals surface area contributed by atoms with Crippen molar-refractivity contribution in [1.82, 2.24) is 9.97 Å². The third-order valence-electron chi connectivity index (χ3n) is 2.53. The van der Waals surface area contributed by atoms with Crippen molar-refractivity contribution >= 4 is 32.5 Å². The highest BCUT2D eigenvalue weighted by Crippen LogP contribution is 2.18. The van der Waals surface area contributed by atoms with Crippen molar-refractivity contribution < 1.29 is 4.21 Å². The number of H-pyrrole nitrogens is 1. The first-order valence-electron chi connectivity index (χ1n) is 5.01. The second kappa shape index (κ2) is 5.09. The van der Waals surface area contributed by atoms with Gasteiger partial charge in [-0.2, -0.15) is 0 Å². The van der Waals surface area contributed by atoms with Crippen molar-refractivity contribution in [3.63, 3.8) is 0 Å². The van der Waals surface area contributed by atoms with Crippen LogP contribution in [0.1, 0.15) is 12.8 Å². The number of rotatable bonds is 2. The van der Waals surface area contributed by atoms with E-state index >= 15 is 0 Å². The van der Waals surface area contributed by atoms with Crippen LogP contribution in [0, 0.1) is 0 Å². The Hall–Kier alpha value is -0.690. The highest BCUT2D eigenvalue weighted by atomic mass is 79.9. The largest absolute Gasteiger partial charge is 0.366 e. The molecule has 0 atom stereocenters. The molecule has 1 saturated heterocycles. The van der Waals surface area contributed by atoms with Crippen LogP contribution in [0.3, 0.4) is 0 Å². The smallest absolute Gasteiger partial charge is 0.267 e. The second-order valence-corrected chi connectivity index (χ2v) is 6.15. The molecule has 7 heteroatoms. The third kappa shape index (κ3) is 2.70. The Labute approximate surface area is 104 Å². The molecule has 1 aliphatic rings. The second-order valence-electron chi connectivity index (χ2n) is 3.66. The molecule has 0 radical (unpaired) electrons. The van der Waals surface area contributed by atoms with Crippen LogP contribution in [-0.2, 0) is 10.8 Å². The van der Waals surface area contributed by atoms with E-state index in [0.717, 1.165) is 24.3 Å². The van der Waals surface area contributed by atoms with E-state index in [4.69, 9.17) is 0 Å². The summed E-state index contributed by atoms with van der Waals surface area (Å²) in [6.07, 6.45) is 3.08. The van der Waals surface area contributed by atoms with Gasteiger partial charge in [0.1, 0.15) is 10.3 Å². The van der Waals surface area contributed by atoms with Crippen LogP contribution in [0.25, 0.3) is 0 Å². The predicted molar refractivity (Wildman–Crippen MR) is 67.1 cm³/mol. The van der Waals surface area contributed by atoms with Crippen molar-refractivity contribution in [2.24, 2.45) is 0 Å². The van der Waals surface area contributed by atoms with E-state index in [0.29, 0.717) is 10.3 Å². The standard InChI is InChI=1S/C9H12BrN3O2S/c10-7-8(11-5-12-9(7)14)13-6-1-3-16(15)4-2-6/h5-6H,1-4H2,(H2,11,12,13,14). The summed E-state index contributed by atoms with van der Waals surface area (Å²) in [6.45, 7) is 0. The molecule has 16 heavy (non-hydrogen) atoms. The molecule has 0 spiro atoms. The first-order chi connectivity index (χ1) is 7.66. The lowest BCUT2D eigenvalue weighted by atomic mass is 10.1. The SMILES string of the molecule is O=c1[nH]cnc(NC2CCS(=O)CC2)c1Br. The maximum Gasteiger partial charge on any atom is 0.267 e. The van der Waals surface area contributed by atoms with E-state index in [-0.39, 0.29) is 11.6 Å². The molecule has 0 saturated carbocycles. The first kappa shape index (κ1) is 11.8. The molecule has 0 bridgehead atoms. The Kier molecular flexibility index (Phi) is 3.75. The van der Waals surface area contributed by atoms with Gasteiger partial charge in [-0.3, -0.25) is 9.00 Å². The molecule has 88 valence electrons. The van der Waals surface area contributed by atoms with E-state index in [9.17, 15) is 9.00 Å². The summed E-state index contributed by atoms with van der Waals surface area (Å²) in [4.78, 5) is 17.8. The van der Waals surface area contributed by atoms with Gasteiger partial charge in [0.05, 0.1) is 6.33 Å². The Bertz CT molecular complexity index is 452. The summed E-state index contributed by atoms with van der Waals surface area (Å²) in [5.74, 6) is 2.00. The van der Waals surface area contributed by atoms with Crippen LogP contribution in [-0.4, -0.2) is 31.7 Å². The highest BCUT2D eigenvalue weighted by molar-refractivity contribution is 9.10. The van der Waals surface area contributed by atoms with Gasteiger partial charge in [-0.15, -0.1) is 0 Å². The summed E-state index contributed by atoms with van der Waals surface area (Å²) >= 11 is 3.19. The molecule has 0 amide bonds. The number of nitrogens with one attached hydrogen (secondary N) is 2. The summed E-state index contributed by atoms with van der Waals surface area (Å²) in [6, 6.07) is 0.253. The van der Waals surface area contributed by atoms with Crippen molar-refractivity contribution in [3.05, 3.63) is 21.2 Å². The molecule has 5 nitrogen and oxygen atoms in total. The molecule has 2 N–H and O–H groups in total. The lowest BCUT2D eigenvalue weighted by Gasteiger charge is -2.23. The average Bonchev–Trinajstić information content (AvgIpc) is 2.28. The number of aromatic amines is 1. The van der Waals surface area contributed by atoms with Gasteiger partial charge in [-0.25, -0.2) is 4.98 Å². The van der Waals surface area contributed by atoms with Crippen LogP contribution in [0.4, 0.5) is 5.82 Å². The molecule has 2 rings (SSSR count). The monoisotopic (exact) mass is 305 g/mol. The first-order valence-corrected chi connectivity index (χ1v) is 7.29. The Morgan fingerprint density at radius 3 is 2.88 bits per heavy atom. The molecule has 0 aliphatic carbocycles. The minimum absolute atomic E-state index is 0.197. The predicted octanol–water partition coefficient (Wildman–Crippen LogP) is 0.855. The fraction of sp³-hybridized carbons (Fsp3) is 0.556. The van der Waals surface area contributed by atoms with Gasteiger partial charge in [0.25, 0.3) is 5.56 Å². The topological polar surface area (TPSA) is 74.8 Å². The molecular weight excluding hydrogens is 294 g/mol. The number of anilines is 1. The lowest BCUT2D eigenvalue weighted by molar-refractivity contribution is 0.622. The number of aromatic nitrogens is 2. The summed E-state index contributed by atoms with van der Waals surface area (Å²) in [5, 5.41) is 3.20. The number of nitrogens with zero attached hydrogens (tertiary/aromatic N) is 1. The minimum atomic E-state index is -0.669. The molecule has 1 aromatic heterocycles. The highest BCUT2D eigenvalue weighted by Gasteiger charge is 2.19. The fourth-order valence-electron chi connectivity index (χ4n) is 1.62. The van der Waals surface area contributed by atoms with Crippen LogP contribution in [0.5, 0.6) is 0 Å². The quantitative estimate of drug-likeness (QED) is 0.850. The van der Waals surface area contributed by atoms with Crippen molar-refractivity contribution in [3.8, 4) is 0 Å². The summed E-state index contributed by atoms with van der Waals surface area (Å²) in [7, 11) is -0.669. The molecule has 1 fully saturated rings. The summed E-state index contributed by atoms with van der Waals surface area (Å²) < 4.78 is 11.6. The van der Waals surface area contributed by atoms with Crippen LogP contribution in [0.15, 0.2) is 15.6 Å². The van der Waals surface area contributed by atoms with Gasteiger partial charge in [0.2, 0.25) is 0 Å². The zero-order chi connectivity index (χ0) is 11.5. The molecule has 1 aliphatic heterocycles. The molecular formula is C9H12BrN3O2S. The average molecular weight is 306 g/mol. The normalized spacial score (nSPS) is 25.3. The van der Waals surface area contributed by atoms with E-state index in [1.54, 1.807) is 0 Å². The molecule has 0 unspecified atom stereocenters. The Morgan fingerprint density at radius 1 is 1.50 bits per heavy atom. The van der Waals surface area contributed by atoms with Crippen molar-refractivity contribution in [2.75, 3.05) is 16.8 Å². The van der Waals surface area contributed by atoms with Crippen LogP contribution < -0.4 is 10.9 Å². The molecule has 1 aromatic rings. The summed E-state index contributed by atoms with van der Waals surface area (Å²) in [5.41, 5.74) is -0.197. The van der Waals surface area contributed by atoms with E-state index in [1.807, 2.05) is 0 Å². The van der Waals surface area contributed by atoms with Gasteiger partial charge in [0.15, 0.2) is 0 Å². The van der Waals surface area contributed by atoms with Gasteiger partial charge in [0, 0.05) is 28.3 Å². The zero-order valence-corrected chi connectivity index (χ0v) is 10.9. The Balaban J connectivity index is 2.07. The number of hydrogen-bond donors (Lipinski definition) is 2. The number of hydrogen-bond acceptors (Lipinski definition) is 4. The van der Waals surface area contributed by atoms with E-state index in [2.05, 4.69) is 31.2 Å². The van der Waals surface area contributed by atoms with E-state index < -0.39 is 10.8 Å². The van der Waals surface area contributed by atoms with Crippen molar-refractivity contribution in [2.45, 2.75) is 18.9 Å². The van der Waals surface area contributed by atoms with Gasteiger partial charge < -0.3 is 10.3 Å². The Morgan fingerprint density at radius 2 is 2.19 bits per heavy atom. The van der Waals surface area contributed by atoms with Gasteiger partial charge in [-0.05, 0) is 28.8 Å².